The molecule has 0 unspecified atom stereocenters. The molecule has 0 aliphatic heterocycles. The number of hydrogen-bond acceptors (Lipinski definition) is 11. The second-order valence-electron chi connectivity index (χ2n) is 14.0. The Kier molecular flexibility index (Phi) is 42.1. The van der Waals surface area contributed by atoms with Gasteiger partial charge in [-0.05, 0) is 52.4 Å². The second kappa shape index (κ2) is 43.1. The first-order valence-electron chi connectivity index (χ1n) is 21.6. The lowest BCUT2D eigenvalue weighted by atomic mass is 10.0. The Hall–Kier alpha value is -3.47. The number of carboxylic acids is 2. The fourth-order valence-corrected chi connectivity index (χ4v) is 5.41. The Morgan fingerprint density at radius 2 is 1.02 bits per heavy atom. The number of carbonyl (C=O) groups excluding carboxylic acids is 5. The molecule has 5 N–H and O–H groups in total. The van der Waals surface area contributed by atoms with Crippen molar-refractivity contribution in [2.45, 2.75) is 162 Å². The van der Waals surface area contributed by atoms with Gasteiger partial charge in [-0.15, -0.1) is 0 Å². The zero-order chi connectivity index (χ0) is 43.5. The molecule has 0 rings (SSSR count). The van der Waals surface area contributed by atoms with E-state index in [0.717, 1.165) is 83.5 Å². The highest BCUT2D eigenvalue weighted by atomic mass is 16.5. The van der Waals surface area contributed by atoms with Gasteiger partial charge in [-0.2, -0.15) is 0 Å². The largest absolute Gasteiger partial charge is 0.481 e. The predicted octanol–water partition coefficient (Wildman–Crippen LogP) is 5.32. The van der Waals surface area contributed by atoms with Crippen LogP contribution in [-0.2, 0) is 52.5 Å². The van der Waals surface area contributed by atoms with E-state index in [1.165, 1.54) is 0 Å². The van der Waals surface area contributed by atoms with E-state index in [2.05, 4.69) is 16.0 Å². The van der Waals surface area contributed by atoms with E-state index < -0.39 is 18.0 Å². The van der Waals surface area contributed by atoms with Gasteiger partial charge in [-0.25, -0.2) is 4.79 Å². The molecule has 16 heteroatoms. The molecule has 338 valence electrons. The van der Waals surface area contributed by atoms with Crippen LogP contribution in [0.25, 0.3) is 0 Å². The van der Waals surface area contributed by atoms with Gasteiger partial charge < -0.3 is 45.1 Å². The van der Waals surface area contributed by atoms with E-state index in [9.17, 15) is 38.7 Å². The van der Waals surface area contributed by atoms with Crippen LogP contribution in [-0.4, -0.2) is 123 Å². The summed E-state index contributed by atoms with van der Waals surface area (Å²) in [6.07, 6.45) is 15.5. The number of ether oxygens (including phenoxy) is 4. The summed E-state index contributed by atoms with van der Waals surface area (Å²) in [4.78, 5) is 79.6. The molecule has 0 aromatic carbocycles. The summed E-state index contributed by atoms with van der Waals surface area (Å²) in [5.74, 6) is -2.15. The van der Waals surface area contributed by atoms with Gasteiger partial charge in [0.05, 0.1) is 19.8 Å². The van der Waals surface area contributed by atoms with Gasteiger partial charge in [0.25, 0.3) is 0 Å². The van der Waals surface area contributed by atoms with Crippen LogP contribution in [0.15, 0.2) is 0 Å². The maximum absolute atomic E-state index is 12.0. The molecule has 0 bridgehead atoms. The standard InChI is InChI=1S/C24H43NO7.C18H34N2O6/c1-2-32-19-13-14-20(26)17-18-21(24(30)31)25-22(27)15-11-9-7-5-3-4-6-8-10-12-16-23(28)29;1-3-17(22)19-9-7-5-6-8-16(21)14-26-13-12-25-11-10-20-18(23)15-24-4-2/h21H,2-19H2,1H3,(H,25,27)(H,28,29)(H,30,31);3-15H2,1-2H3,(H,19,22)(H,20,23)/t21-;/m0./s1. The third-order valence-electron chi connectivity index (χ3n) is 8.75. The monoisotopic (exact) mass is 832 g/mol. The zero-order valence-electron chi connectivity index (χ0n) is 35.9. The average molecular weight is 832 g/mol. The van der Waals surface area contributed by atoms with Crippen LogP contribution in [0.1, 0.15) is 156 Å². The zero-order valence-corrected chi connectivity index (χ0v) is 35.9. The van der Waals surface area contributed by atoms with Crippen molar-refractivity contribution < 1.29 is 62.7 Å². The van der Waals surface area contributed by atoms with Gasteiger partial charge in [-0.1, -0.05) is 64.7 Å². The van der Waals surface area contributed by atoms with E-state index in [4.69, 9.17) is 24.1 Å². The molecule has 0 saturated heterocycles. The molecular formula is C42H77N3O13. The molecule has 0 spiro atoms. The molecule has 0 aromatic heterocycles. The van der Waals surface area contributed by atoms with E-state index in [1.54, 1.807) is 0 Å². The van der Waals surface area contributed by atoms with Crippen molar-refractivity contribution in [3.8, 4) is 0 Å². The average Bonchev–Trinajstić information content (AvgIpc) is 3.19. The second-order valence-corrected chi connectivity index (χ2v) is 14.0. The topological polar surface area (TPSA) is 233 Å². The predicted molar refractivity (Wildman–Crippen MR) is 220 cm³/mol. The van der Waals surface area contributed by atoms with Gasteiger partial charge in [0.1, 0.15) is 25.0 Å². The van der Waals surface area contributed by atoms with Crippen molar-refractivity contribution in [1.82, 2.24) is 16.0 Å². The highest BCUT2D eigenvalue weighted by Crippen LogP contribution is 2.12. The summed E-state index contributed by atoms with van der Waals surface area (Å²) in [6.45, 7) is 9.56. The molecule has 0 radical (unpaired) electrons. The number of hydrogen-bond donors (Lipinski definition) is 5. The number of nitrogens with one attached hydrogen (secondary N) is 3. The fourth-order valence-electron chi connectivity index (χ4n) is 5.41. The summed E-state index contributed by atoms with van der Waals surface area (Å²) in [6, 6.07) is -1.02. The number of carboxylic acid groups (broad SMARTS) is 2. The number of unbranched alkanes of at least 4 members (excludes halogenated alkanes) is 11. The van der Waals surface area contributed by atoms with Crippen LogP contribution in [0.3, 0.4) is 0 Å². The molecule has 0 heterocycles. The van der Waals surface area contributed by atoms with Crippen LogP contribution in [0.5, 0.6) is 0 Å². The molecule has 1 atom stereocenters. The van der Waals surface area contributed by atoms with Crippen molar-refractivity contribution in [3.63, 3.8) is 0 Å². The maximum Gasteiger partial charge on any atom is 0.326 e. The van der Waals surface area contributed by atoms with E-state index in [-0.39, 0.29) is 61.8 Å². The Balaban J connectivity index is 0. The van der Waals surface area contributed by atoms with Crippen LogP contribution in [0.2, 0.25) is 0 Å². The number of rotatable bonds is 41. The molecule has 3 amide bonds. The lowest BCUT2D eigenvalue weighted by Crippen LogP contribution is -2.41. The van der Waals surface area contributed by atoms with Crippen LogP contribution in [0.4, 0.5) is 0 Å². The molecule has 58 heavy (non-hydrogen) atoms. The Morgan fingerprint density at radius 1 is 0.466 bits per heavy atom. The lowest BCUT2D eigenvalue weighted by molar-refractivity contribution is -0.142. The molecule has 0 aliphatic rings. The highest BCUT2D eigenvalue weighted by molar-refractivity contribution is 5.84. The molecule has 16 nitrogen and oxygen atoms in total. The first-order chi connectivity index (χ1) is 28.0. The number of Topliss-reactive ketones (excluding diaryl/α,β-unsaturated/α-hetero) is 2. The number of ketones is 2. The summed E-state index contributed by atoms with van der Waals surface area (Å²) in [7, 11) is 0. The minimum atomic E-state index is -1.11. The van der Waals surface area contributed by atoms with Crippen LogP contribution >= 0.6 is 0 Å². The van der Waals surface area contributed by atoms with Crippen molar-refractivity contribution in [2.75, 3.05) is 65.9 Å². The molecule has 0 fully saturated rings. The molecule has 0 aromatic rings. The van der Waals surface area contributed by atoms with Crippen molar-refractivity contribution in [2.24, 2.45) is 0 Å². The van der Waals surface area contributed by atoms with Gasteiger partial charge in [0.15, 0.2) is 5.78 Å². The van der Waals surface area contributed by atoms with Crippen LogP contribution < -0.4 is 16.0 Å². The first-order valence-corrected chi connectivity index (χ1v) is 21.6. The van der Waals surface area contributed by atoms with E-state index in [1.807, 2.05) is 20.8 Å². The molecule has 0 saturated carbocycles. The summed E-state index contributed by atoms with van der Waals surface area (Å²) in [5, 5.41) is 25.9. The number of amides is 3. The summed E-state index contributed by atoms with van der Waals surface area (Å²) >= 11 is 0. The maximum atomic E-state index is 12.0. The SMILES string of the molecule is CCOCC(=O)NCCOCCOCC(=O)CCCCCNC(=O)CC.CCOCCCC(=O)CC[C@H](NC(=O)CCCCCCCCCCCCC(=O)O)C(=O)O. The highest BCUT2D eigenvalue weighted by Gasteiger charge is 2.20. The van der Waals surface area contributed by atoms with Gasteiger partial charge in [0, 0.05) is 71.4 Å². The van der Waals surface area contributed by atoms with Gasteiger partial charge >= 0.3 is 11.9 Å². The quantitative estimate of drug-likeness (QED) is 0.0492. The lowest BCUT2D eigenvalue weighted by Gasteiger charge is -2.14. The first kappa shape index (κ1) is 56.6. The number of carbonyl (C=O) groups is 7. The minimum Gasteiger partial charge on any atom is -0.481 e. The normalized spacial score (nSPS) is 11.2. The molecule has 0 aliphatic carbocycles. The third kappa shape index (κ3) is 43.6. The van der Waals surface area contributed by atoms with E-state index in [0.29, 0.717) is 84.8 Å². The van der Waals surface area contributed by atoms with Crippen molar-refractivity contribution in [3.05, 3.63) is 0 Å². The van der Waals surface area contributed by atoms with Gasteiger partial charge in [0.2, 0.25) is 17.7 Å². The Labute approximate surface area is 347 Å². The smallest absolute Gasteiger partial charge is 0.326 e. The Morgan fingerprint density at radius 3 is 1.62 bits per heavy atom. The summed E-state index contributed by atoms with van der Waals surface area (Å²) < 4.78 is 20.7. The van der Waals surface area contributed by atoms with Crippen molar-refractivity contribution in [1.29, 1.82) is 0 Å². The van der Waals surface area contributed by atoms with E-state index >= 15 is 0 Å². The summed E-state index contributed by atoms with van der Waals surface area (Å²) in [5.41, 5.74) is 0. The fraction of sp³-hybridized carbons (Fsp3) is 0.833. The van der Waals surface area contributed by atoms with Gasteiger partial charge in [-0.3, -0.25) is 28.8 Å². The third-order valence-corrected chi connectivity index (χ3v) is 8.75. The van der Waals surface area contributed by atoms with Crippen LogP contribution in [0, 0.1) is 0 Å². The number of aliphatic carboxylic acids is 2. The minimum absolute atomic E-state index is 0.00883. The van der Waals surface area contributed by atoms with Crippen molar-refractivity contribution >= 4 is 41.2 Å². The molecular weight excluding hydrogens is 754 g/mol. The Bertz CT molecular complexity index is 1090.